The first-order chi connectivity index (χ1) is 7.25. The summed E-state index contributed by atoms with van der Waals surface area (Å²) in [5, 5.41) is 0. The van der Waals surface area contributed by atoms with Crippen LogP contribution in [0.15, 0.2) is 0 Å². The van der Waals surface area contributed by atoms with E-state index in [2.05, 4.69) is 4.90 Å². The Bertz CT molecular complexity index is 259. The van der Waals surface area contributed by atoms with E-state index in [4.69, 9.17) is 0 Å². The van der Waals surface area contributed by atoms with Gasteiger partial charge in [0.2, 0.25) is 5.91 Å². The Kier molecular flexibility index (Phi) is 3.36. The Labute approximate surface area is 90.2 Å². The van der Waals surface area contributed by atoms with E-state index >= 15 is 0 Å². The van der Waals surface area contributed by atoms with Gasteiger partial charge in [-0.15, -0.1) is 0 Å². The minimum absolute atomic E-state index is 0.146. The Balaban J connectivity index is 1.70. The standard InChI is InChI=1S/C11H18N2O2/c14-10-3-8-13(9-10)11(15)4-7-12-5-1-2-6-12/h1-9H2. The van der Waals surface area contributed by atoms with Crippen LogP contribution < -0.4 is 0 Å². The molecule has 0 radical (unpaired) electrons. The number of likely N-dealkylation sites (tertiary alicyclic amines) is 2. The number of carbonyl (C=O) groups is 2. The van der Waals surface area contributed by atoms with Crippen molar-refractivity contribution in [3.8, 4) is 0 Å². The molecule has 2 saturated heterocycles. The smallest absolute Gasteiger partial charge is 0.224 e. The Morgan fingerprint density at radius 3 is 2.53 bits per heavy atom. The second kappa shape index (κ2) is 4.75. The van der Waals surface area contributed by atoms with Crippen LogP contribution in [0, 0.1) is 0 Å². The Morgan fingerprint density at radius 2 is 1.93 bits per heavy atom. The minimum atomic E-state index is 0.146. The fourth-order valence-corrected chi connectivity index (χ4v) is 2.26. The van der Waals surface area contributed by atoms with Crippen molar-refractivity contribution in [2.45, 2.75) is 25.7 Å². The third-order valence-corrected chi connectivity index (χ3v) is 3.22. The Morgan fingerprint density at radius 1 is 1.20 bits per heavy atom. The number of hydrogen-bond acceptors (Lipinski definition) is 3. The molecule has 84 valence electrons. The normalized spacial score (nSPS) is 22.7. The maximum Gasteiger partial charge on any atom is 0.224 e. The second-order valence-electron chi connectivity index (χ2n) is 4.40. The molecule has 0 bridgehead atoms. The van der Waals surface area contributed by atoms with Crippen LogP contribution in [0.25, 0.3) is 0 Å². The van der Waals surface area contributed by atoms with E-state index in [1.165, 1.54) is 12.8 Å². The predicted octanol–water partition coefficient (Wildman–Crippen LogP) is 0.274. The van der Waals surface area contributed by atoms with Crippen LogP contribution in [0.4, 0.5) is 0 Å². The number of rotatable bonds is 3. The maximum atomic E-state index is 11.7. The number of ketones is 1. The molecular formula is C11H18N2O2. The van der Waals surface area contributed by atoms with Crippen molar-refractivity contribution >= 4 is 11.7 Å². The zero-order valence-corrected chi connectivity index (χ0v) is 9.07. The van der Waals surface area contributed by atoms with Crippen molar-refractivity contribution in [1.82, 2.24) is 9.80 Å². The molecule has 4 heteroatoms. The quantitative estimate of drug-likeness (QED) is 0.671. The molecule has 4 nitrogen and oxygen atoms in total. The van der Waals surface area contributed by atoms with Gasteiger partial charge in [-0.2, -0.15) is 0 Å². The fourth-order valence-electron chi connectivity index (χ4n) is 2.26. The predicted molar refractivity (Wildman–Crippen MR) is 56.5 cm³/mol. The lowest BCUT2D eigenvalue weighted by molar-refractivity contribution is -0.132. The first-order valence-corrected chi connectivity index (χ1v) is 5.77. The number of nitrogens with zero attached hydrogens (tertiary/aromatic N) is 2. The van der Waals surface area contributed by atoms with Gasteiger partial charge in [-0.1, -0.05) is 0 Å². The molecule has 0 aromatic carbocycles. The average Bonchev–Trinajstić information content (AvgIpc) is 2.84. The van der Waals surface area contributed by atoms with Gasteiger partial charge in [-0.3, -0.25) is 9.59 Å². The van der Waals surface area contributed by atoms with Crippen molar-refractivity contribution in [3.05, 3.63) is 0 Å². The molecule has 0 atom stereocenters. The average molecular weight is 210 g/mol. The maximum absolute atomic E-state index is 11.7. The lowest BCUT2D eigenvalue weighted by atomic mass is 10.3. The van der Waals surface area contributed by atoms with Gasteiger partial charge in [0.15, 0.2) is 5.78 Å². The zero-order valence-electron chi connectivity index (χ0n) is 9.07. The highest BCUT2D eigenvalue weighted by molar-refractivity contribution is 5.89. The summed E-state index contributed by atoms with van der Waals surface area (Å²) in [7, 11) is 0. The van der Waals surface area contributed by atoms with Crippen LogP contribution in [-0.4, -0.2) is 54.2 Å². The van der Waals surface area contributed by atoms with Crippen LogP contribution in [0.1, 0.15) is 25.7 Å². The van der Waals surface area contributed by atoms with Crippen LogP contribution in [0.5, 0.6) is 0 Å². The highest BCUT2D eigenvalue weighted by atomic mass is 16.2. The van der Waals surface area contributed by atoms with Gasteiger partial charge in [-0.05, 0) is 25.9 Å². The van der Waals surface area contributed by atoms with E-state index < -0.39 is 0 Å². The second-order valence-corrected chi connectivity index (χ2v) is 4.40. The van der Waals surface area contributed by atoms with E-state index in [1.807, 2.05) is 0 Å². The molecule has 0 spiro atoms. The molecule has 2 aliphatic rings. The van der Waals surface area contributed by atoms with Crippen LogP contribution in [-0.2, 0) is 9.59 Å². The minimum Gasteiger partial charge on any atom is -0.335 e. The van der Waals surface area contributed by atoms with Crippen LogP contribution >= 0.6 is 0 Å². The van der Waals surface area contributed by atoms with Gasteiger partial charge in [-0.25, -0.2) is 0 Å². The molecule has 0 N–H and O–H groups in total. The summed E-state index contributed by atoms with van der Waals surface area (Å²) >= 11 is 0. The number of carbonyl (C=O) groups excluding carboxylic acids is 2. The summed E-state index contributed by atoms with van der Waals surface area (Å²) in [5.41, 5.74) is 0. The molecule has 2 heterocycles. The number of amides is 1. The van der Waals surface area contributed by atoms with Crippen molar-refractivity contribution in [2.24, 2.45) is 0 Å². The SMILES string of the molecule is O=C1CCN(C(=O)CCN2CCCC2)C1. The molecule has 2 fully saturated rings. The molecule has 0 saturated carbocycles. The van der Waals surface area contributed by atoms with E-state index in [1.54, 1.807) is 4.90 Å². The molecule has 0 aromatic rings. The summed E-state index contributed by atoms with van der Waals surface area (Å²) in [6.07, 6.45) is 3.65. The molecule has 15 heavy (non-hydrogen) atoms. The molecule has 2 aliphatic heterocycles. The van der Waals surface area contributed by atoms with E-state index in [-0.39, 0.29) is 11.7 Å². The largest absolute Gasteiger partial charge is 0.335 e. The number of hydrogen-bond donors (Lipinski definition) is 0. The van der Waals surface area contributed by atoms with Gasteiger partial charge in [0.05, 0.1) is 6.54 Å². The fraction of sp³-hybridized carbons (Fsp3) is 0.818. The van der Waals surface area contributed by atoms with Gasteiger partial charge in [0.25, 0.3) is 0 Å². The van der Waals surface area contributed by atoms with E-state index in [0.717, 1.165) is 19.6 Å². The Hall–Kier alpha value is -0.900. The molecule has 2 rings (SSSR count). The van der Waals surface area contributed by atoms with Gasteiger partial charge < -0.3 is 9.80 Å². The summed E-state index contributed by atoms with van der Waals surface area (Å²) in [6, 6.07) is 0. The van der Waals surface area contributed by atoms with Crippen molar-refractivity contribution < 1.29 is 9.59 Å². The lowest BCUT2D eigenvalue weighted by Crippen LogP contribution is -2.32. The molecular weight excluding hydrogens is 192 g/mol. The lowest BCUT2D eigenvalue weighted by Gasteiger charge is -2.18. The van der Waals surface area contributed by atoms with Crippen LogP contribution in [0.3, 0.4) is 0 Å². The summed E-state index contributed by atoms with van der Waals surface area (Å²) in [5.74, 6) is 0.345. The third-order valence-electron chi connectivity index (χ3n) is 3.22. The number of Topliss-reactive ketones (excluding diaryl/α,β-unsaturated/α-hetero) is 1. The third kappa shape index (κ3) is 2.78. The monoisotopic (exact) mass is 210 g/mol. The molecule has 0 unspecified atom stereocenters. The highest BCUT2D eigenvalue weighted by Crippen LogP contribution is 2.10. The molecule has 0 aromatic heterocycles. The van der Waals surface area contributed by atoms with Crippen molar-refractivity contribution in [3.63, 3.8) is 0 Å². The van der Waals surface area contributed by atoms with Gasteiger partial charge in [0, 0.05) is 25.9 Å². The first-order valence-electron chi connectivity index (χ1n) is 5.77. The van der Waals surface area contributed by atoms with Crippen molar-refractivity contribution in [1.29, 1.82) is 0 Å². The zero-order chi connectivity index (χ0) is 10.7. The van der Waals surface area contributed by atoms with E-state index in [9.17, 15) is 9.59 Å². The van der Waals surface area contributed by atoms with Crippen LogP contribution in [0.2, 0.25) is 0 Å². The van der Waals surface area contributed by atoms with Crippen molar-refractivity contribution in [2.75, 3.05) is 32.7 Å². The summed E-state index contributed by atoms with van der Waals surface area (Å²) < 4.78 is 0. The van der Waals surface area contributed by atoms with E-state index in [0.29, 0.717) is 25.9 Å². The van der Waals surface area contributed by atoms with Gasteiger partial charge >= 0.3 is 0 Å². The molecule has 0 aliphatic carbocycles. The topological polar surface area (TPSA) is 40.6 Å². The molecule has 1 amide bonds. The first kappa shape index (κ1) is 10.6. The highest BCUT2D eigenvalue weighted by Gasteiger charge is 2.24. The summed E-state index contributed by atoms with van der Waals surface area (Å²) in [6.45, 7) is 4.11. The van der Waals surface area contributed by atoms with Gasteiger partial charge in [0.1, 0.15) is 0 Å². The summed E-state index contributed by atoms with van der Waals surface area (Å²) in [4.78, 5) is 26.7.